The number of aliphatic imine (C=N–C) groups is 1. The zero-order valence-corrected chi connectivity index (χ0v) is 22.2. The van der Waals surface area contributed by atoms with Crippen LogP contribution < -0.4 is 9.47 Å². The lowest BCUT2D eigenvalue weighted by Gasteiger charge is -2.37. The van der Waals surface area contributed by atoms with E-state index in [1.165, 1.54) is 6.07 Å². The highest BCUT2D eigenvalue weighted by Crippen LogP contribution is 2.48. The molecule has 200 valence electrons. The molecule has 1 unspecified atom stereocenters. The molecular formula is C31H34FNO5. The second kappa shape index (κ2) is 11.1. The average Bonchev–Trinajstić information content (AvgIpc) is 2.92. The zero-order chi connectivity index (χ0) is 26.8. The van der Waals surface area contributed by atoms with E-state index < -0.39 is 23.6 Å². The van der Waals surface area contributed by atoms with Gasteiger partial charge in [-0.25, -0.2) is 4.39 Å². The summed E-state index contributed by atoms with van der Waals surface area (Å²) < 4.78 is 32.0. The van der Waals surface area contributed by atoms with Crippen LogP contribution in [-0.2, 0) is 14.3 Å². The first-order valence-corrected chi connectivity index (χ1v) is 13.4. The number of Topliss-reactive ketones (excluding diaryl/α,β-unsaturated/α-hetero) is 1. The molecule has 7 heteroatoms. The number of ether oxygens (including phenoxy) is 3. The maximum absolute atomic E-state index is 15.2. The minimum Gasteiger partial charge on any atom is -0.493 e. The molecule has 6 nitrogen and oxygen atoms in total. The summed E-state index contributed by atoms with van der Waals surface area (Å²) in [6, 6.07) is 12.0. The number of carbonyl (C=O) groups is 2. The number of halogens is 1. The van der Waals surface area contributed by atoms with Crippen LogP contribution >= 0.6 is 0 Å². The Morgan fingerprint density at radius 3 is 2.42 bits per heavy atom. The first-order valence-electron chi connectivity index (χ1n) is 13.4. The van der Waals surface area contributed by atoms with Crippen LogP contribution in [-0.4, -0.2) is 37.8 Å². The summed E-state index contributed by atoms with van der Waals surface area (Å²) in [6.07, 6.45) is 5.45. The number of rotatable bonds is 6. The molecule has 3 aliphatic rings. The molecule has 38 heavy (non-hydrogen) atoms. The molecule has 5 rings (SSSR count). The third-order valence-electron chi connectivity index (χ3n) is 8.10. The Labute approximate surface area is 222 Å². The van der Waals surface area contributed by atoms with Crippen LogP contribution in [0.2, 0.25) is 0 Å². The van der Waals surface area contributed by atoms with Gasteiger partial charge in [-0.15, -0.1) is 0 Å². The van der Waals surface area contributed by atoms with E-state index in [9.17, 15) is 9.59 Å². The van der Waals surface area contributed by atoms with E-state index in [1.807, 2.05) is 18.2 Å². The summed E-state index contributed by atoms with van der Waals surface area (Å²) in [4.78, 5) is 32.2. The Hall–Kier alpha value is -3.48. The molecule has 3 atom stereocenters. The zero-order valence-electron chi connectivity index (χ0n) is 22.2. The fraction of sp³-hybridized carbons (Fsp3) is 0.452. The largest absolute Gasteiger partial charge is 0.493 e. The van der Waals surface area contributed by atoms with Gasteiger partial charge in [0.05, 0.1) is 14.2 Å². The fourth-order valence-corrected chi connectivity index (χ4v) is 6.19. The molecule has 0 bridgehead atoms. The van der Waals surface area contributed by atoms with Crippen LogP contribution in [0.15, 0.2) is 58.7 Å². The molecule has 0 saturated heterocycles. The van der Waals surface area contributed by atoms with Gasteiger partial charge in [0, 0.05) is 29.3 Å². The lowest BCUT2D eigenvalue weighted by Crippen LogP contribution is -2.39. The summed E-state index contributed by atoms with van der Waals surface area (Å²) in [6.45, 7) is 1.79. The van der Waals surface area contributed by atoms with E-state index in [-0.39, 0.29) is 24.2 Å². The van der Waals surface area contributed by atoms with E-state index >= 15 is 4.39 Å². The molecule has 2 aromatic rings. The molecule has 2 aliphatic carbocycles. The van der Waals surface area contributed by atoms with Gasteiger partial charge in [0.25, 0.3) is 0 Å². The van der Waals surface area contributed by atoms with Crippen molar-refractivity contribution in [3.8, 4) is 11.5 Å². The standard InChI is InChI=1S/C31H34FNO5/c1-18-28(31(35)38-21-9-5-4-6-10-21)29(22-11-7-8-12-23(22)32)30-24(33-18)15-20(16-25(30)34)19-13-14-26(36-2)27(17-19)37-3/h7-8,11-14,17,20-21,28-29H,4-6,9-10,15-16H2,1-3H3/t20-,28?,29-/m0/s1. The number of allylic oxidation sites excluding steroid dienone is 2. The molecule has 0 spiro atoms. The SMILES string of the molecule is COc1ccc([C@@H]2CC(=O)C3=C(C2)N=C(C)C(C(=O)OC2CCCCC2)[C@@H]3c2ccccc2F)cc1OC. The molecule has 0 aromatic heterocycles. The third kappa shape index (κ3) is 4.98. The van der Waals surface area contributed by atoms with Crippen molar-refractivity contribution in [2.75, 3.05) is 14.2 Å². The van der Waals surface area contributed by atoms with E-state index in [0.717, 1.165) is 37.7 Å². The molecule has 1 saturated carbocycles. The van der Waals surface area contributed by atoms with Crippen molar-refractivity contribution < 1.29 is 28.2 Å². The summed E-state index contributed by atoms with van der Waals surface area (Å²) in [7, 11) is 3.16. The second-order valence-electron chi connectivity index (χ2n) is 10.4. The van der Waals surface area contributed by atoms with Gasteiger partial charge in [-0.1, -0.05) is 30.7 Å². The Morgan fingerprint density at radius 1 is 0.974 bits per heavy atom. The summed E-state index contributed by atoms with van der Waals surface area (Å²) in [5.41, 5.74) is 2.88. The second-order valence-corrected chi connectivity index (χ2v) is 10.4. The number of esters is 1. The van der Waals surface area contributed by atoms with E-state index in [1.54, 1.807) is 39.3 Å². The molecule has 1 heterocycles. The van der Waals surface area contributed by atoms with Gasteiger partial charge in [0.2, 0.25) is 0 Å². The molecule has 1 fully saturated rings. The van der Waals surface area contributed by atoms with Crippen LogP contribution in [0.1, 0.15) is 74.8 Å². The predicted octanol–water partition coefficient (Wildman–Crippen LogP) is 6.29. The van der Waals surface area contributed by atoms with Gasteiger partial charge in [-0.2, -0.15) is 0 Å². The Balaban J connectivity index is 1.52. The number of carbonyl (C=O) groups excluding carboxylic acids is 2. The number of nitrogens with zero attached hydrogens (tertiary/aromatic N) is 1. The molecule has 0 N–H and O–H groups in total. The van der Waals surface area contributed by atoms with Crippen LogP contribution in [0.4, 0.5) is 4.39 Å². The van der Waals surface area contributed by atoms with E-state index in [2.05, 4.69) is 0 Å². The minimum absolute atomic E-state index is 0.119. The molecule has 0 amide bonds. The van der Waals surface area contributed by atoms with Crippen molar-refractivity contribution >= 4 is 17.5 Å². The maximum atomic E-state index is 15.2. The van der Waals surface area contributed by atoms with Crippen molar-refractivity contribution in [1.82, 2.24) is 0 Å². The van der Waals surface area contributed by atoms with Gasteiger partial charge >= 0.3 is 5.97 Å². The van der Waals surface area contributed by atoms with E-state index in [0.29, 0.717) is 40.5 Å². The number of ketones is 1. The van der Waals surface area contributed by atoms with E-state index in [4.69, 9.17) is 19.2 Å². The molecule has 2 aromatic carbocycles. The summed E-state index contributed by atoms with van der Waals surface area (Å²) in [5.74, 6) is -1.50. The quantitative estimate of drug-likeness (QED) is 0.419. The first-order chi connectivity index (χ1) is 18.4. The smallest absolute Gasteiger partial charge is 0.315 e. The summed E-state index contributed by atoms with van der Waals surface area (Å²) in [5, 5.41) is 0. The highest BCUT2D eigenvalue weighted by Gasteiger charge is 2.46. The normalized spacial score (nSPS) is 23.9. The van der Waals surface area contributed by atoms with Crippen LogP contribution in [0.25, 0.3) is 0 Å². The number of hydrogen-bond acceptors (Lipinski definition) is 6. The number of benzene rings is 2. The fourth-order valence-electron chi connectivity index (χ4n) is 6.19. The van der Waals surface area contributed by atoms with Gasteiger partial charge in [-0.05, 0) is 74.3 Å². The minimum atomic E-state index is -0.839. The van der Waals surface area contributed by atoms with Crippen LogP contribution in [0.5, 0.6) is 11.5 Å². The van der Waals surface area contributed by atoms with Gasteiger partial charge in [0.1, 0.15) is 17.8 Å². The molecule has 1 aliphatic heterocycles. The lowest BCUT2D eigenvalue weighted by atomic mass is 9.69. The Morgan fingerprint density at radius 2 is 1.71 bits per heavy atom. The van der Waals surface area contributed by atoms with Gasteiger partial charge in [0.15, 0.2) is 17.3 Å². The lowest BCUT2D eigenvalue weighted by molar-refractivity contribution is -0.153. The maximum Gasteiger partial charge on any atom is 0.315 e. The number of methoxy groups -OCH3 is 2. The topological polar surface area (TPSA) is 74.2 Å². The monoisotopic (exact) mass is 519 g/mol. The molecular weight excluding hydrogens is 485 g/mol. The van der Waals surface area contributed by atoms with Crippen molar-refractivity contribution in [1.29, 1.82) is 0 Å². The van der Waals surface area contributed by atoms with Crippen LogP contribution in [0, 0.1) is 11.7 Å². The van der Waals surface area contributed by atoms with Crippen LogP contribution in [0.3, 0.4) is 0 Å². The first kappa shape index (κ1) is 26.1. The summed E-state index contributed by atoms with van der Waals surface area (Å²) >= 11 is 0. The average molecular weight is 520 g/mol. The highest BCUT2D eigenvalue weighted by atomic mass is 19.1. The predicted molar refractivity (Wildman–Crippen MR) is 142 cm³/mol. The van der Waals surface area contributed by atoms with Gasteiger partial charge < -0.3 is 14.2 Å². The van der Waals surface area contributed by atoms with Crippen molar-refractivity contribution in [2.45, 2.75) is 69.8 Å². The highest BCUT2D eigenvalue weighted by molar-refractivity contribution is 6.09. The molecule has 0 radical (unpaired) electrons. The van der Waals surface area contributed by atoms with Crippen molar-refractivity contribution in [3.05, 3.63) is 70.7 Å². The number of hydrogen-bond donors (Lipinski definition) is 0. The Kier molecular flexibility index (Phi) is 7.63. The Bertz CT molecular complexity index is 1290. The van der Waals surface area contributed by atoms with Crippen molar-refractivity contribution in [3.63, 3.8) is 0 Å². The van der Waals surface area contributed by atoms with Crippen molar-refractivity contribution in [2.24, 2.45) is 10.9 Å². The third-order valence-corrected chi connectivity index (χ3v) is 8.10. The van der Waals surface area contributed by atoms with Gasteiger partial charge in [-0.3, -0.25) is 14.6 Å².